The fourth-order valence-electron chi connectivity index (χ4n) is 3.03. The Morgan fingerprint density at radius 3 is 2.62 bits per heavy atom. The van der Waals surface area contributed by atoms with E-state index in [4.69, 9.17) is 9.47 Å². The van der Waals surface area contributed by atoms with Crippen LogP contribution in [0.2, 0.25) is 0 Å². The van der Waals surface area contributed by atoms with Gasteiger partial charge in [0.1, 0.15) is 10.9 Å². The molecule has 0 spiro atoms. The molecule has 0 aromatic carbocycles. The van der Waals surface area contributed by atoms with E-state index in [2.05, 4.69) is 5.32 Å². The van der Waals surface area contributed by atoms with Crippen molar-refractivity contribution in [2.75, 3.05) is 13.7 Å². The normalized spacial score (nSPS) is 14.9. The van der Waals surface area contributed by atoms with Gasteiger partial charge in [0.15, 0.2) is 6.61 Å². The van der Waals surface area contributed by atoms with Crippen LogP contribution < -0.4 is 5.32 Å². The molecule has 0 aliphatic heterocycles. The lowest BCUT2D eigenvalue weighted by Crippen LogP contribution is -2.44. The van der Waals surface area contributed by atoms with Crippen LogP contribution in [0.1, 0.15) is 59.6 Å². The summed E-state index contributed by atoms with van der Waals surface area (Å²) in [5, 5.41) is 2.58. The van der Waals surface area contributed by atoms with E-state index in [-0.39, 0.29) is 5.92 Å². The average molecular weight is 381 g/mol. The van der Waals surface area contributed by atoms with E-state index in [1.807, 2.05) is 19.9 Å². The minimum Gasteiger partial charge on any atom is -0.467 e. The summed E-state index contributed by atoms with van der Waals surface area (Å²) in [7, 11) is 1.28. The van der Waals surface area contributed by atoms with Gasteiger partial charge in [0.2, 0.25) is 0 Å². The van der Waals surface area contributed by atoms with Gasteiger partial charge in [0.25, 0.3) is 5.91 Å². The smallest absolute Gasteiger partial charge is 0.348 e. The van der Waals surface area contributed by atoms with Crippen molar-refractivity contribution in [3.8, 4) is 0 Å². The highest BCUT2D eigenvalue weighted by atomic mass is 32.1. The number of nitrogens with one attached hydrogen (secondary N) is 1. The van der Waals surface area contributed by atoms with Crippen molar-refractivity contribution in [3.63, 3.8) is 0 Å². The summed E-state index contributed by atoms with van der Waals surface area (Å²) in [5.41, 5.74) is 1.23. The third-order valence-electron chi connectivity index (χ3n) is 4.31. The van der Waals surface area contributed by atoms with Gasteiger partial charge in [-0.15, -0.1) is 11.3 Å². The van der Waals surface area contributed by atoms with Crippen molar-refractivity contribution in [2.24, 2.45) is 5.92 Å². The van der Waals surface area contributed by atoms with Crippen molar-refractivity contribution in [3.05, 3.63) is 21.4 Å². The molecule has 26 heavy (non-hydrogen) atoms. The number of esters is 2. The molecule has 2 rings (SSSR count). The molecular weight excluding hydrogens is 354 g/mol. The number of thiophene rings is 1. The van der Waals surface area contributed by atoms with E-state index in [0.29, 0.717) is 11.3 Å². The molecule has 1 aromatic rings. The molecule has 0 radical (unpaired) electrons. The summed E-state index contributed by atoms with van der Waals surface area (Å²) in [6.45, 7) is 3.48. The second kappa shape index (κ2) is 9.71. The second-order valence-electron chi connectivity index (χ2n) is 6.97. The molecule has 0 fully saturated rings. The molecule has 144 valence electrons. The highest BCUT2D eigenvalue weighted by Gasteiger charge is 2.24. The maximum atomic E-state index is 12.2. The summed E-state index contributed by atoms with van der Waals surface area (Å²) < 4.78 is 9.83. The Balaban J connectivity index is 1.87. The molecule has 0 bridgehead atoms. The lowest BCUT2D eigenvalue weighted by molar-refractivity contribution is -0.145. The number of rotatable bonds is 7. The molecule has 6 nitrogen and oxygen atoms in total. The zero-order valence-corrected chi connectivity index (χ0v) is 16.4. The first-order chi connectivity index (χ1) is 12.4. The Hall–Kier alpha value is -1.89. The van der Waals surface area contributed by atoms with Gasteiger partial charge in [-0.3, -0.25) is 4.79 Å². The number of ether oxygens (including phenoxy) is 2. The van der Waals surface area contributed by atoms with E-state index in [9.17, 15) is 14.4 Å². The van der Waals surface area contributed by atoms with Crippen molar-refractivity contribution < 1.29 is 23.9 Å². The average Bonchev–Trinajstić information content (AvgIpc) is 2.88. The Kier molecular flexibility index (Phi) is 7.63. The van der Waals surface area contributed by atoms with Gasteiger partial charge in [0.05, 0.1) is 7.11 Å². The predicted molar refractivity (Wildman–Crippen MR) is 99.3 cm³/mol. The Bertz CT molecular complexity index is 629. The molecule has 1 heterocycles. The van der Waals surface area contributed by atoms with Gasteiger partial charge < -0.3 is 14.8 Å². The van der Waals surface area contributed by atoms with Crippen molar-refractivity contribution >= 4 is 29.2 Å². The molecule has 1 atom stereocenters. The van der Waals surface area contributed by atoms with E-state index in [1.165, 1.54) is 35.3 Å². The first-order valence-electron chi connectivity index (χ1n) is 9.06. The van der Waals surface area contributed by atoms with Crippen molar-refractivity contribution in [1.82, 2.24) is 5.32 Å². The van der Waals surface area contributed by atoms with Crippen LogP contribution in [-0.2, 0) is 31.9 Å². The summed E-state index contributed by atoms with van der Waals surface area (Å²) >= 11 is 1.46. The van der Waals surface area contributed by atoms with Crippen LogP contribution in [0, 0.1) is 5.92 Å². The fourth-order valence-corrected chi connectivity index (χ4v) is 4.18. The molecule has 0 unspecified atom stereocenters. The van der Waals surface area contributed by atoms with Crippen LogP contribution in [-0.4, -0.2) is 37.6 Å². The molecule has 7 heteroatoms. The van der Waals surface area contributed by atoms with E-state index < -0.39 is 30.5 Å². The number of carbonyl (C=O) groups excluding carboxylic acids is 3. The zero-order chi connectivity index (χ0) is 19.1. The van der Waals surface area contributed by atoms with Crippen molar-refractivity contribution in [1.29, 1.82) is 0 Å². The predicted octanol–water partition coefficient (Wildman–Crippen LogP) is 2.88. The van der Waals surface area contributed by atoms with Crippen LogP contribution in [0.4, 0.5) is 0 Å². The largest absolute Gasteiger partial charge is 0.467 e. The zero-order valence-electron chi connectivity index (χ0n) is 15.6. The molecule has 0 saturated carbocycles. The number of aryl methyl sites for hydroxylation is 2. The molecule has 1 amide bonds. The highest BCUT2D eigenvalue weighted by Crippen LogP contribution is 2.29. The Morgan fingerprint density at radius 1 is 1.19 bits per heavy atom. The van der Waals surface area contributed by atoms with Crippen LogP contribution in [0.5, 0.6) is 0 Å². The van der Waals surface area contributed by atoms with Gasteiger partial charge >= 0.3 is 11.9 Å². The lowest BCUT2D eigenvalue weighted by atomic mass is 10.0. The number of hydrogen-bond acceptors (Lipinski definition) is 6. The van der Waals surface area contributed by atoms with Gasteiger partial charge in [-0.2, -0.15) is 0 Å². The van der Waals surface area contributed by atoms with Gasteiger partial charge in [-0.05, 0) is 49.7 Å². The van der Waals surface area contributed by atoms with Crippen molar-refractivity contribution in [2.45, 2.75) is 58.4 Å². The monoisotopic (exact) mass is 381 g/mol. The maximum absolute atomic E-state index is 12.2. The van der Waals surface area contributed by atoms with Gasteiger partial charge in [0, 0.05) is 4.88 Å². The van der Waals surface area contributed by atoms with Gasteiger partial charge in [-0.25, -0.2) is 9.59 Å². The minimum atomic E-state index is -0.732. The highest BCUT2D eigenvalue weighted by molar-refractivity contribution is 7.14. The maximum Gasteiger partial charge on any atom is 0.348 e. The fraction of sp³-hybridized carbons (Fsp3) is 0.632. The van der Waals surface area contributed by atoms with Crippen LogP contribution in [0.25, 0.3) is 0 Å². The summed E-state index contributed by atoms with van der Waals surface area (Å²) in [6.07, 6.45) is 5.98. The SMILES string of the molecule is COC(=O)[C@H](CC(C)C)NC(=O)COC(=O)c1cc2c(s1)CCCCC2. The summed E-state index contributed by atoms with van der Waals surface area (Å²) in [6, 6.07) is 1.16. The van der Waals surface area contributed by atoms with Gasteiger partial charge in [-0.1, -0.05) is 20.3 Å². The number of amides is 1. The lowest BCUT2D eigenvalue weighted by Gasteiger charge is -2.18. The Labute approximate surface area is 158 Å². The third kappa shape index (κ3) is 5.83. The van der Waals surface area contributed by atoms with E-state index in [1.54, 1.807) is 0 Å². The molecule has 1 N–H and O–H groups in total. The molecule has 1 aliphatic rings. The number of fused-ring (bicyclic) bond motifs is 1. The topological polar surface area (TPSA) is 81.7 Å². The molecule has 1 aliphatic carbocycles. The minimum absolute atomic E-state index is 0.212. The second-order valence-corrected chi connectivity index (χ2v) is 8.11. The summed E-state index contributed by atoms with van der Waals surface area (Å²) in [4.78, 5) is 37.8. The first-order valence-corrected chi connectivity index (χ1v) is 9.88. The van der Waals surface area contributed by atoms with E-state index >= 15 is 0 Å². The van der Waals surface area contributed by atoms with E-state index in [0.717, 1.165) is 25.7 Å². The molecule has 0 saturated heterocycles. The van der Waals surface area contributed by atoms with Crippen LogP contribution in [0.15, 0.2) is 6.07 Å². The van der Waals surface area contributed by atoms with Crippen LogP contribution >= 0.6 is 11.3 Å². The number of carbonyl (C=O) groups is 3. The number of methoxy groups -OCH3 is 1. The molecular formula is C19H27NO5S. The standard InChI is InChI=1S/C19H27NO5S/c1-12(2)9-14(18(22)24-3)20-17(21)11-25-19(23)16-10-13-7-5-4-6-8-15(13)26-16/h10,12,14H,4-9,11H2,1-3H3,(H,20,21)/t14-/m0/s1. The molecule has 1 aromatic heterocycles. The summed E-state index contributed by atoms with van der Waals surface area (Å²) in [5.74, 6) is -1.28. The third-order valence-corrected chi connectivity index (χ3v) is 5.53. The quantitative estimate of drug-likeness (QED) is 0.580. The van der Waals surface area contributed by atoms with Crippen LogP contribution in [0.3, 0.4) is 0 Å². The Morgan fingerprint density at radius 2 is 1.92 bits per heavy atom. The first kappa shape index (κ1) is 20.4. The number of hydrogen-bond donors (Lipinski definition) is 1.